The molecule has 3 atom stereocenters. The van der Waals surface area contributed by atoms with Crippen LogP contribution in [0.25, 0.3) is 11.0 Å². The highest BCUT2D eigenvalue weighted by atomic mass is 19.1. The minimum atomic E-state index is -0.710. The fraction of sp³-hybridized carbons (Fsp3) is 0.676. The molecular weight excluding hydrogens is 633 g/mol. The molecule has 270 valence electrons. The number of halogens is 1. The van der Waals surface area contributed by atoms with Crippen molar-refractivity contribution in [2.75, 3.05) is 32.3 Å². The maximum Gasteiger partial charge on any atom is 0.407 e. The lowest BCUT2D eigenvalue weighted by Crippen LogP contribution is -2.50. The molecule has 49 heavy (non-hydrogen) atoms. The number of esters is 1. The van der Waals surface area contributed by atoms with Crippen molar-refractivity contribution in [1.82, 2.24) is 10.2 Å². The van der Waals surface area contributed by atoms with Gasteiger partial charge in [0.1, 0.15) is 23.9 Å². The summed E-state index contributed by atoms with van der Waals surface area (Å²) in [6.07, 6.45) is 6.36. The molecular formula is C37H52FN3O8. The van der Waals surface area contributed by atoms with E-state index in [2.05, 4.69) is 10.6 Å². The number of carbonyl (C=O) groups is 4. The van der Waals surface area contributed by atoms with Gasteiger partial charge in [-0.15, -0.1) is 0 Å². The van der Waals surface area contributed by atoms with Crippen molar-refractivity contribution in [2.24, 2.45) is 23.7 Å². The molecule has 1 aromatic carbocycles. The average molecular weight is 686 g/mol. The first-order valence-electron chi connectivity index (χ1n) is 17.8. The number of fused-ring (bicyclic) bond motifs is 1. The van der Waals surface area contributed by atoms with E-state index in [4.69, 9.17) is 18.6 Å². The Morgan fingerprint density at radius 2 is 1.71 bits per heavy atom. The van der Waals surface area contributed by atoms with Crippen LogP contribution in [-0.2, 0) is 23.8 Å². The summed E-state index contributed by atoms with van der Waals surface area (Å²) in [5, 5.41) is 6.41. The number of amides is 3. The van der Waals surface area contributed by atoms with Crippen molar-refractivity contribution in [3.05, 3.63) is 30.0 Å². The van der Waals surface area contributed by atoms with E-state index in [1.807, 2.05) is 0 Å². The number of ether oxygens (including phenoxy) is 3. The van der Waals surface area contributed by atoms with Gasteiger partial charge in [0.05, 0.1) is 18.8 Å². The first-order valence-corrected chi connectivity index (χ1v) is 17.8. The average Bonchev–Trinajstić information content (AvgIpc) is 3.71. The number of hydrogen-bond acceptors (Lipinski definition) is 8. The summed E-state index contributed by atoms with van der Waals surface area (Å²) < 4.78 is 35.7. The molecule has 1 saturated heterocycles. The van der Waals surface area contributed by atoms with Gasteiger partial charge in [0.2, 0.25) is 17.6 Å². The van der Waals surface area contributed by atoms with Crippen molar-refractivity contribution >= 4 is 40.5 Å². The zero-order valence-corrected chi connectivity index (χ0v) is 29.4. The zero-order chi connectivity index (χ0) is 35.3. The van der Waals surface area contributed by atoms with Crippen LogP contribution in [-0.4, -0.2) is 79.5 Å². The monoisotopic (exact) mass is 685 g/mol. The Morgan fingerprint density at radius 3 is 2.35 bits per heavy atom. The zero-order valence-electron chi connectivity index (χ0n) is 29.4. The third kappa shape index (κ3) is 8.93. The standard InChI is InChI=1S/C37H52FN3O8/c1-6-47-35(44)31-20-25-19-26(13-16-30(25)48-31)39-33(42)32-28(22-11-14-27(46-5)15-12-22)17-18-41(32)34(43)24-9-7-23(8-10-24)29(21-38)40-36(45)49-37(2,3)4/h13,16,19-20,22-24,27-29,32H,6-12,14-15,17-18,21H2,1-5H3,(H,39,42)(H,40,45)/t22-,23-,24-,27+,28-,29+,32-/m0/s1. The summed E-state index contributed by atoms with van der Waals surface area (Å²) in [6.45, 7) is 7.03. The number of anilines is 1. The van der Waals surface area contributed by atoms with Gasteiger partial charge >= 0.3 is 12.1 Å². The fourth-order valence-corrected chi connectivity index (χ4v) is 8.03. The molecule has 5 rings (SSSR count). The van der Waals surface area contributed by atoms with E-state index in [1.165, 1.54) is 0 Å². The van der Waals surface area contributed by atoms with Crippen molar-refractivity contribution in [3.8, 4) is 0 Å². The minimum Gasteiger partial charge on any atom is -0.460 e. The molecule has 2 heterocycles. The molecule has 2 N–H and O–H groups in total. The lowest BCUT2D eigenvalue weighted by Gasteiger charge is -2.38. The van der Waals surface area contributed by atoms with Gasteiger partial charge in [-0.25, -0.2) is 14.0 Å². The second-order valence-corrected chi connectivity index (χ2v) is 14.8. The van der Waals surface area contributed by atoms with Crippen LogP contribution in [0.3, 0.4) is 0 Å². The molecule has 2 saturated carbocycles. The number of alkyl halides is 1. The van der Waals surface area contributed by atoms with Crippen LogP contribution in [0.4, 0.5) is 14.9 Å². The summed E-state index contributed by atoms with van der Waals surface area (Å²) in [7, 11) is 1.74. The SMILES string of the molecule is CCOC(=O)c1cc2cc(NC(=O)[C@@H]3[C@H]([C@H]4CC[C@@H](OC)CC4)CCN3C(=O)[C@H]3CC[C@H]([C@@H](CF)NC(=O)OC(C)(C)C)CC3)ccc2o1. The predicted octanol–water partition coefficient (Wildman–Crippen LogP) is 6.64. The van der Waals surface area contributed by atoms with Gasteiger partial charge in [0.15, 0.2) is 0 Å². The molecule has 0 spiro atoms. The van der Waals surface area contributed by atoms with Gasteiger partial charge in [-0.05, 0) is 128 Å². The van der Waals surface area contributed by atoms with Gasteiger partial charge in [-0.2, -0.15) is 0 Å². The van der Waals surface area contributed by atoms with Crippen LogP contribution in [0, 0.1) is 23.7 Å². The maximum absolute atomic E-state index is 14.2. The van der Waals surface area contributed by atoms with E-state index in [-0.39, 0.29) is 48.0 Å². The number of nitrogens with one attached hydrogen (secondary N) is 2. The van der Waals surface area contributed by atoms with Crippen LogP contribution in [0.15, 0.2) is 28.7 Å². The number of benzene rings is 1. The highest BCUT2D eigenvalue weighted by molar-refractivity contribution is 6.00. The van der Waals surface area contributed by atoms with E-state index >= 15 is 0 Å². The molecule has 3 aliphatic rings. The second kappa shape index (κ2) is 15.9. The minimum absolute atomic E-state index is 0.0140. The smallest absolute Gasteiger partial charge is 0.407 e. The topological polar surface area (TPSA) is 136 Å². The van der Waals surface area contributed by atoms with Crippen LogP contribution >= 0.6 is 0 Å². The Bertz CT molecular complexity index is 1470. The Hall–Kier alpha value is -3.67. The van der Waals surface area contributed by atoms with Gasteiger partial charge in [-0.1, -0.05) is 0 Å². The Morgan fingerprint density at radius 1 is 1.00 bits per heavy atom. The summed E-state index contributed by atoms with van der Waals surface area (Å²) in [5.74, 6) is -0.802. The Kier molecular flexibility index (Phi) is 11.9. The van der Waals surface area contributed by atoms with E-state index in [9.17, 15) is 23.6 Å². The number of alkyl carbamates (subject to hydrolysis) is 1. The van der Waals surface area contributed by atoms with E-state index in [0.717, 1.165) is 32.1 Å². The third-order valence-electron chi connectivity index (χ3n) is 10.5. The molecule has 11 nitrogen and oxygen atoms in total. The van der Waals surface area contributed by atoms with Gasteiger partial charge < -0.3 is 34.2 Å². The van der Waals surface area contributed by atoms with Crippen LogP contribution in [0.5, 0.6) is 0 Å². The molecule has 1 aromatic heterocycles. The third-order valence-corrected chi connectivity index (χ3v) is 10.5. The number of nitrogens with zero attached hydrogens (tertiary/aromatic N) is 1. The predicted molar refractivity (Wildman–Crippen MR) is 182 cm³/mol. The van der Waals surface area contributed by atoms with Crippen LogP contribution in [0.1, 0.15) is 96.0 Å². The van der Waals surface area contributed by atoms with E-state index in [0.29, 0.717) is 54.8 Å². The largest absolute Gasteiger partial charge is 0.460 e. The highest BCUT2D eigenvalue weighted by Crippen LogP contribution is 2.42. The number of rotatable bonds is 10. The lowest BCUT2D eigenvalue weighted by molar-refractivity contribution is -0.142. The number of hydrogen-bond donors (Lipinski definition) is 2. The number of furan rings is 1. The van der Waals surface area contributed by atoms with Crippen molar-refractivity contribution in [1.29, 1.82) is 0 Å². The molecule has 3 amide bonds. The van der Waals surface area contributed by atoms with Crippen LogP contribution in [0.2, 0.25) is 0 Å². The lowest BCUT2D eigenvalue weighted by atomic mass is 9.75. The van der Waals surface area contributed by atoms with Gasteiger partial charge in [0, 0.05) is 30.6 Å². The van der Waals surface area contributed by atoms with Gasteiger partial charge in [-0.3, -0.25) is 9.59 Å². The number of likely N-dealkylation sites (tertiary alicyclic amines) is 1. The normalized spacial score (nSPS) is 26.6. The first kappa shape index (κ1) is 36.6. The molecule has 0 unspecified atom stereocenters. The molecule has 2 aromatic rings. The van der Waals surface area contributed by atoms with Gasteiger partial charge in [0.25, 0.3) is 0 Å². The van der Waals surface area contributed by atoms with E-state index in [1.54, 1.807) is 64.0 Å². The van der Waals surface area contributed by atoms with Crippen molar-refractivity contribution in [3.63, 3.8) is 0 Å². The summed E-state index contributed by atoms with van der Waals surface area (Å²) in [6, 6.07) is 5.48. The van der Waals surface area contributed by atoms with Crippen molar-refractivity contribution in [2.45, 2.75) is 109 Å². The fourth-order valence-electron chi connectivity index (χ4n) is 8.03. The number of methoxy groups -OCH3 is 1. The maximum atomic E-state index is 14.2. The Balaban J connectivity index is 1.28. The first-order chi connectivity index (χ1) is 23.4. The molecule has 12 heteroatoms. The quantitative estimate of drug-likeness (QED) is 0.266. The molecule has 1 aliphatic heterocycles. The van der Waals surface area contributed by atoms with Crippen molar-refractivity contribution < 1.29 is 42.2 Å². The summed E-state index contributed by atoms with van der Waals surface area (Å²) in [5.41, 5.74) is 0.359. The molecule has 0 bridgehead atoms. The highest BCUT2D eigenvalue weighted by Gasteiger charge is 2.47. The Labute approximate surface area is 287 Å². The summed E-state index contributed by atoms with van der Waals surface area (Å²) in [4.78, 5) is 54.7. The molecule has 2 aliphatic carbocycles. The number of carbonyl (C=O) groups excluding carboxylic acids is 4. The molecule has 0 radical (unpaired) electrons. The summed E-state index contributed by atoms with van der Waals surface area (Å²) >= 11 is 0. The van der Waals surface area contributed by atoms with Crippen LogP contribution < -0.4 is 10.6 Å². The molecule has 3 fully saturated rings. The second-order valence-electron chi connectivity index (χ2n) is 14.8. The van der Waals surface area contributed by atoms with E-state index < -0.39 is 36.4 Å².